The number of hydrogen-bond acceptors (Lipinski definition) is 4. The summed E-state index contributed by atoms with van der Waals surface area (Å²) in [6, 6.07) is 5.07. The first kappa shape index (κ1) is 17.5. The third kappa shape index (κ3) is 4.04. The molecule has 9 heteroatoms. The molecular formula is C16H14ClFN4O2S. The zero-order chi connectivity index (χ0) is 18.0. The maximum Gasteiger partial charge on any atom is 0.240 e. The Balaban J connectivity index is 1.78. The third-order valence-corrected chi connectivity index (χ3v) is 5.19. The fourth-order valence-corrected chi connectivity index (χ4v) is 3.51. The Kier molecular flexibility index (Phi) is 4.85. The monoisotopic (exact) mass is 380 g/mol. The smallest absolute Gasteiger partial charge is 0.240 e. The average molecular weight is 381 g/mol. The Morgan fingerprint density at radius 3 is 2.68 bits per heavy atom. The number of rotatable bonds is 5. The van der Waals surface area contributed by atoms with Crippen molar-refractivity contribution in [3.05, 3.63) is 65.5 Å². The summed E-state index contributed by atoms with van der Waals surface area (Å²) in [7, 11) is -2.01. The molecule has 0 atom stereocenters. The summed E-state index contributed by atoms with van der Waals surface area (Å²) in [6.07, 6.45) is 6.78. The normalized spacial score (nSPS) is 11.6. The van der Waals surface area contributed by atoms with Crippen LogP contribution in [0.3, 0.4) is 0 Å². The van der Waals surface area contributed by atoms with Crippen LogP contribution in [-0.2, 0) is 23.6 Å². The van der Waals surface area contributed by atoms with Crippen molar-refractivity contribution in [1.82, 2.24) is 19.5 Å². The van der Waals surface area contributed by atoms with Crippen LogP contribution in [0.1, 0.15) is 5.56 Å². The van der Waals surface area contributed by atoms with Gasteiger partial charge in [0.25, 0.3) is 0 Å². The van der Waals surface area contributed by atoms with E-state index in [4.69, 9.17) is 11.6 Å². The third-order valence-electron chi connectivity index (χ3n) is 3.50. The Morgan fingerprint density at radius 2 is 2.00 bits per heavy atom. The number of pyridine rings is 1. The fourth-order valence-electron chi connectivity index (χ4n) is 2.22. The molecule has 0 amide bonds. The maximum atomic E-state index is 13.2. The molecule has 1 aromatic carbocycles. The molecule has 1 N–H and O–H groups in total. The van der Waals surface area contributed by atoms with Gasteiger partial charge in [0.1, 0.15) is 5.82 Å². The molecular weight excluding hydrogens is 367 g/mol. The molecule has 0 saturated heterocycles. The van der Waals surface area contributed by atoms with Gasteiger partial charge in [-0.05, 0) is 29.8 Å². The van der Waals surface area contributed by atoms with Crippen molar-refractivity contribution < 1.29 is 12.8 Å². The summed E-state index contributed by atoms with van der Waals surface area (Å²) < 4.78 is 41.9. The van der Waals surface area contributed by atoms with Crippen molar-refractivity contribution in [2.45, 2.75) is 11.4 Å². The summed E-state index contributed by atoms with van der Waals surface area (Å²) in [5, 5.41) is 3.85. The maximum absolute atomic E-state index is 13.2. The highest BCUT2D eigenvalue weighted by molar-refractivity contribution is 7.89. The van der Waals surface area contributed by atoms with E-state index >= 15 is 0 Å². The second-order valence-electron chi connectivity index (χ2n) is 5.39. The molecule has 0 radical (unpaired) electrons. The van der Waals surface area contributed by atoms with E-state index in [0.717, 1.165) is 29.3 Å². The molecule has 3 aromatic rings. The van der Waals surface area contributed by atoms with E-state index in [1.54, 1.807) is 23.3 Å². The minimum atomic E-state index is -3.82. The van der Waals surface area contributed by atoms with Crippen LogP contribution in [0.2, 0.25) is 5.02 Å². The summed E-state index contributed by atoms with van der Waals surface area (Å²) in [4.78, 5) is 4.03. The summed E-state index contributed by atoms with van der Waals surface area (Å²) in [5.74, 6) is -0.672. The van der Waals surface area contributed by atoms with Crippen molar-refractivity contribution in [3.63, 3.8) is 0 Å². The minimum absolute atomic E-state index is 0.0401. The molecule has 2 heterocycles. The van der Waals surface area contributed by atoms with E-state index in [0.29, 0.717) is 5.56 Å². The lowest BCUT2D eigenvalue weighted by atomic mass is 10.1. The van der Waals surface area contributed by atoms with Gasteiger partial charge in [-0.1, -0.05) is 11.6 Å². The Labute approximate surface area is 149 Å². The van der Waals surface area contributed by atoms with E-state index in [1.165, 1.54) is 0 Å². The number of nitrogens with one attached hydrogen (secondary N) is 1. The molecule has 0 spiro atoms. The number of benzene rings is 1. The van der Waals surface area contributed by atoms with Gasteiger partial charge in [-0.25, -0.2) is 17.5 Å². The van der Waals surface area contributed by atoms with Gasteiger partial charge < -0.3 is 0 Å². The number of aromatic nitrogens is 3. The molecule has 0 unspecified atom stereocenters. The van der Waals surface area contributed by atoms with Crippen LogP contribution in [0.5, 0.6) is 0 Å². The van der Waals surface area contributed by atoms with Gasteiger partial charge in [0.2, 0.25) is 10.0 Å². The van der Waals surface area contributed by atoms with Crippen LogP contribution in [0.25, 0.3) is 11.1 Å². The van der Waals surface area contributed by atoms with Crippen LogP contribution in [0, 0.1) is 5.82 Å². The molecule has 0 aliphatic heterocycles. The highest BCUT2D eigenvalue weighted by atomic mass is 35.5. The predicted octanol–water partition coefficient (Wildman–Crippen LogP) is 2.75. The predicted molar refractivity (Wildman–Crippen MR) is 91.9 cm³/mol. The van der Waals surface area contributed by atoms with Crippen LogP contribution in [0.4, 0.5) is 4.39 Å². The number of hydrogen-bond donors (Lipinski definition) is 1. The summed E-state index contributed by atoms with van der Waals surface area (Å²) in [5.41, 5.74) is 2.39. The van der Waals surface area contributed by atoms with Gasteiger partial charge in [0, 0.05) is 43.3 Å². The van der Waals surface area contributed by atoms with Crippen molar-refractivity contribution >= 4 is 21.6 Å². The van der Waals surface area contributed by atoms with Gasteiger partial charge in [-0.15, -0.1) is 0 Å². The van der Waals surface area contributed by atoms with Crippen molar-refractivity contribution in [1.29, 1.82) is 0 Å². The summed E-state index contributed by atoms with van der Waals surface area (Å²) >= 11 is 5.64. The Hall–Kier alpha value is -2.29. The second kappa shape index (κ2) is 6.91. The zero-order valence-corrected chi connectivity index (χ0v) is 14.7. The van der Waals surface area contributed by atoms with E-state index in [-0.39, 0.29) is 16.5 Å². The van der Waals surface area contributed by atoms with Gasteiger partial charge in [0.15, 0.2) is 0 Å². The largest absolute Gasteiger partial charge is 0.275 e. The molecule has 2 aromatic heterocycles. The standard InChI is InChI=1S/C16H14ClFN4O2S/c1-22-10-13(9-20-22)12-4-11(6-19-8-12)7-21-25(23,24)14-2-3-16(18)15(17)5-14/h2-6,8-10,21H,7H2,1H3. The molecule has 0 saturated carbocycles. The first-order valence-corrected chi connectivity index (χ1v) is 9.09. The van der Waals surface area contributed by atoms with Crippen LogP contribution >= 0.6 is 11.6 Å². The molecule has 0 aliphatic carbocycles. The quantitative estimate of drug-likeness (QED) is 0.738. The SMILES string of the molecule is Cn1cc(-c2cncc(CNS(=O)(=O)c3ccc(F)c(Cl)c3)c2)cn1. The van der Waals surface area contributed by atoms with Gasteiger partial charge >= 0.3 is 0 Å². The lowest BCUT2D eigenvalue weighted by molar-refractivity contribution is 0.580. The molecule has 3 rings (SSSR count). The highest BCUT2D eigenvalue weighted by Gasteiger charge is 2.16. The van der Waals surface area contributed by atoms with Crippen LogP contribution in [-0.4, -0.2) is 23.2 Å². The molecule has 0 bridgehead atoms. The lowest BCUT2D eigenvalue weighted by Crippen LogP contribution is -2.23. The topological polar surface area (TPSA) is 76.9 Å². The van der Waals surface area contributed by atoms with Crippen molar-refractivity contribution in [3.8, 4) is 11.1 Å². The van der Waals surface area contributed by atoms with E-state index in [2.05, 4.69) is 14.8 Å². The average Bonchev–Trinajstić information content (AvgIpc) is 3.02. The van der Waals surface area contributed by atoms with Crippen molar-refractivity contribution in [2.75, 3.05) is 0 Å². The van der Waals surface area contributed by atoms with E-state index in [9.17, 15) is 12.8 Å². The summed E-state index contributed by atoms with van der Waals surface area (Å²) in [6.45, 7) is 0.0401. The number of halogens is 2. The fraction of sp³-hybridized carbons (Fsp3) is 0.125. The number of aryl methyl sites for hydroxylation is 1. The molecule has 0 fully saturated rings. The molecule has 25 heavy (non-hydrogen) atoms. The number of nitrogens with zero attached hydrogens (tertiary/aromatic N) is 3. The molecule has 0 aliphatic rings. The minimum Gasteiger partial charge on any atom is -0.275 e. The first-order valence-electron chi connectivity index (χ1n) is 7.23. The lowest BCUT2D eigenvalue weighted by Gasteiger charge is -2.08. The van der Waals surface area contributed by atoms with E-state index < -0.39 is 15.8 Å². The van der Waals surface area contributed by atoms with Crippen molar-refractivity contribution in [2.24, 2.45) is 7.05 Å². The van der Waals surface area contributed by atoms with Crippen LogP contribution in [0.15, 0.2) is 53.9 Å². The van der Waals surface area contributed by atoms with E-state index in [1.807, 2.05) is 19.3 Å². The Morgan fingerprint density at radius 1 is 1.20 bits per heavy atom. The zero-order valence-electron chi connectivity index (χ0n) is 13.1. The molecule has 130 valence electrons. The highest BCUT2D eigenvalue weighted by Crippen LogP contribution is 2.21. The first-order chi connectivity index (χ1) is 11.8. The van der Waals surface area contributed by atoms with Gasteiger partial charge in [-0.3, -0.25) is 9.67 Å². The molecule has 6 nitrogen and oxygen atoms in total. The number of sulfonamides is 1. The Bertz CT molecular complexity index is 1020. The second-order valence-corrected chi connectivity index (χ2v) is 7.56. The van der Waals surface area contributed by atoms with Gasteiger partial charge in [0.05, 0.1) is 16.1 Å². The van der Waals surface area contributed by atoms with Gasteiger partial charge in [-0.2, -0.15) is 5.10 Å². The van der Waals surface area contributed by atoms with Crippen LogP contribution < -0.4 is 4.72 Å².